The molecule has 33 heavy (non-hydrogen) atoms. The van der Waals surface area contributed by atoms with Crippen LogP contribution < -0.4 is 9.47 Å². The van der Waals surface area contributed by atoms with Crippen molar-refractivity contribution in [1.82, 2.24) is 0 Å². The van der Waals surface area contributed by atoms with Gasteiger partial charge in [-0.05, 0) is 79.3 Å². The summed E-state index contributed by atoms with van der Waals surface area (Å²) in [6.45, 7) is 15.3. The van der Waals surface area contributed by atoms with Crippen LogP contribution >= 0.6 is 0 Å². The van der Waals surface area contributed by atoms with Crippen LogP contribution in [0.5, 0.6) is 11.5 Å². The van der Waals surface area contributed by atoms with Crippen molar-refractivity contribution in [3.63, 3.8) is 0 Å². The minimum absolute atomic E-state index is 0.453. The van der Waals surface area contributed by atoms with E-state index in [0.717, 1.165) is 71.9 Å². The van der Waals surface area contributed by atoms with Crippen LogP contribution in [0.15, 0.2) is 49.6 Å². The van der Waals surface area contributed by atoms with Crippen LogP contribution in [0.25, 0.3) is 0 Å². The van der Waals surface area contributed by atoms with E-state index >= 15 is 0 Å². The Balaban J connectivity index is 2.60. The first-order valence-electron chi connectivity index (χ1n) is 11.8. The Hall–Kier alpha value is -3.14. The summed E-state index contributed by atoms with van der Waals surface area (Å²) < 4.78 is 11.3. The summed E-state index contributed by atoms with van der Waals surface area (Å²) in [4.78, 5) is 24.0. The molecule has 0 saturated heterocycles. The van der Waals surface area contributed by atoms with Gasteiger partial charge in [0.2, 0.25) is 0 Å². The second-order valence-corrected chi connectivity index (χ2v) is 8.33. The molecule has 0 spiro atoms. The first kappa shape index (κ1) is 26.1. The molecule has 0 aromatic heterocycles. The lowest BCUT2D eigenvalue weighted by Gasteiger charge is -2.20. The van der Waals surface area contributed by atoms with Gasteiger partial charge in [-0.1, -0.05) is 64.1 Å². The second kappa shape index (κ2) is 12.8. The van der Waals surface area contributed by atoms with E-state index in [0.29, 0.717) is 17.9 Å². The average molecular weight is 449 g/mol. The predicted molar refractivity (Wildman–Crippen MR) is 134 cm³/mol. The van der Waals surface area contributed by atoms with Crippen molar-refractivity contribution in [3.8, 4) is 11.5 Å². The van der Waals surface area contributed by atoms with Crippen molar-refractivity contribution >= 4 is 11.9 Å². The molecule has 176 valence electrons. The number of carbonyl (C=O) groups is 2. The van der Waals surface area contributed by atoms with Crippen LogP contribution in [0.2, 0.25) is 0 Å². The number of ether oxygens (including phenoxy) is 2. The molecule has 0 heterocycles. The van der Waals surface area contributed by atoms with Crippen LogP contribution in [-0.2, 0) is 28.9 Å². The largest absolute Gasteiger partial charge is 0.423 e. The zero-order chi connectivity index (χ0) is 24.4. The lowest BCUT2D eigenvalue weighted by Crippen LogP contribution is -2.11. The number of carbonyl (C=O) groups excluding carboxylic acids is 2. The fraction of sp³-hybridized carbons (Fsp3) is 0.379. The Morgan fingerprint density at radius 3 is 1.48 bits per heavy atom. The third-order valence-electron chi connectivity index (χ3n) is 5.79. The summed E-state index contributed by atoms with van der Waals surface area (Å²) in [7, 11) is 0. The summed E-state index contributed by atoms with van der Waals surface area (Å²) in [5.74, 6) is 0.356. The number of benzene rings is 2. The molecular formula is C29H36O4. The Morgan fingerprint density at radius 2 is 1.15 bits per heavy atom. The molecule has 0 amide bonds. The van der Waals surface area contributed by atoms with Crippen LogP contribution in [-0.4, -0.2) is 11.9 Å². The van der Waals surface area contributed by atoms with Crippen molar-refractivity contribution in [2.24, 2.45) is 0 Å². The maximum absolute atomic E-state index is 12.0. The number of esters is 2. The summed E-state index contributed by atoms with van der Waals surface area (Å²) >= 11 is 0. The highest BCUT2D eigenvalue weighted by Crippen LogP contribution is 2.34. The van der Waals surface area contributed by atoms with Gasteiger partial charge in [-0.15, -0.1) is 0 Å². The monoisotopic (exact) mass is 448 g/mol. The van der Waals surface area contributed by atoms with Crippen LogP contribution in [0.4, 0.5) is 0 Å². The molecule has 0 aliphatic rings. The molecule has 0 fully saturated rings. The normalized spacial score (nSPS) is 10.5. The van der Waals surface area contributed by atoms with E-state index in [1.807, 2.05) is 26.0 Å². The molecule has 0 unspecified atom stereocenters. The van der Waals surface area contributed by atoms with Crippen molar-refractivity contribution in [1.29, 1.82) is 0 Å². The Labute approximate surface area is 198 Å². The molecule has 0 aliphatic carbocycles. The van der Waals surface area contributed by atoms with Crippen LogP contribution in [0.3, 0.4) is 0 Å². The van der Waals surface area contributed by atoms with Crippen molar-refractivity contribution in [3.05, 3.63) is 83.0 Å². The standard InChI is InChI=1S/C29H36O4/c1-7-11-13-24-22(17-15-20(5)28(24)32-26(30)9-3)19-23-18-16-21(6)29(33-27(31)10-4)25(23)14-12-8-2/h9-10,15-18H,3-4,7-8,11-14,19H2,1-2,5-6H3. The van der Waals surface area contributed by atoms with Gasteiger partial charge in [-0.2, -0.15) is 0 Å². The predicted octanol–water partition coefficient (Wildman–Crippen LogP) is 6.76. The SMILES string of the molecule is C=CC(=O)Oc1c(C)ccc(Cc2ccc(C)c(OC(=O)C=C)c2CCCC)c1CCCC. The number of aryl methyl sites for hydroxylation is 2. The van der Waals surface area contributed by atoms with E-state index in [1.54, 1.807) is 0 Å². The first-order chi connectivity index (χ1) is 15.9. The van der Waals surface area contributed by atoms with Gasteiger partial charge < -0.3 is 9.47 Å². The fourth-order valence-corrected chi connectivity index (χ4v) is 3.93. The van der Waals surface area contributed by atoms with Crippen molar-refractivity contribution in [2.45, 2.75) is 72.6 Å². The summed E-state index contributed by atoms with van der Waals surface area (Å²) in [5, 5.41) is 0. The molecule has 2 aromatic rings. The Bertz CT molecular complexity index is 935. The third-order valence-corrected chi connectivity index (χ3v) is 5.79. The lowest BCUT2D eigenvalue weighted by molar-refractivity contribution is -0.129. The summed E-state index contributed by atoms with van der Waals surface area (Å²) in [5.41, 5.74) is 6.19. The zero-order valence-electron chi connectivity index (χ0n) is 20.5. The maximum atomic E-state index is 12.0. The zero-order valence-corrected chi connectivity index (χ0v) is 20.5. The highest BCUT2D eigenvalue weighted by Gasteiger charge is 2.19. The van der Waals surface area contributed by atoms with Gasteiger partial charge in [0.15, 0.2) is 0 Å². The lowest BCUT2D eigenvalue weighted by atomic mass is 9.89. The minimum atomic E-state index is -0.453. The van der Waals surface area contributed by atoms with E-state index in [4.69, 9.17) is 9.47 Å². The molecule has 0 saturated carbocycles. The molecule has 0 radical (unpaired) electrons. The summed E-state index contributed by atoms with van der Waals surface area (Å²) in [6.07, 6.45) is 8.75. The van der Waals surface area contributed by atoms with E-state index in [2.05, 4.69) is 39.1 Å². The Kier molecular flexibility index (Phi) is 10.1. The van der Waals surface area contributed by atoms with Gasteiger partial charge in [-0.3, -0.25) is 0 Å². The van der Waals surface area contributed by atoms with Gasteiger partial charge in [-0.25, -0.2) is 9.59 Å². The molecule has 2 rings (SSSR count). The highest BCUT2D eigenvalue weighted by atomic mass is 16.5. The number of hydrogen-bond acceptors (Lipinski definition) is 4. The number of rotatable bonds is 12. The van der Waals surface area contributed by atoms with Gasteiger partial charge in [0.1, 0.15) is 11.5 Å². The smallest absolute Gasteiger partial charge is 0.335 e. The number of hydrogen-bond donors (Lipinski definition) is 0. The van der Waals surface area contributed by atoms with Crippen LogP contribution in [0, 0.1) is 13.8 Å². The molecule has 0 bridgehead atoms. The first-order valence-corrected chi connectivity index (χ1v) is 11.8. The van der Waals surface area contributed by atoms with E-state index in [1.165, 1.54) is 12.2 Å². The van der Waals surface area contributed by atoms with Gasteiger partial charge in [0.25, 0.3) is 0 Å². The van der Waals surface area contributed by atoms with Crippen LogP contribution in [0.1, 0.15) is 72.9 Å². The minimum Gasteiger partial charge on any atom is -0.423 e. The molecule has 0 N–H and O–H groups in total. The van der Waals surface area contributed by atoms with Gasteiger partial charge in [0, 0.05) is 12.2 Å². The molecule has 0 aliphatic heterocycles. The Morgan fingerprint density at radius 1 is 0.758 bits per heavy atom. The molecule has 4 heteroatoms. The fourth-order valence-electron chi connectivity index (χ4n) is 3.93. The van der Waals surface area contributed by atoms with Crippen molar-refractivity contribution in [2.75, 3.05) is 0 Å². The van der Waals surface area contributed by atoms with E-state index in [9.17, 15) is 9.59 Å². The average Bonchev–Trinajstić information content (AvgIpc) is 2.81. The topological polar surface area (TPSA) is 52.6 Å². The molecule has 0 atom stereocenters. The molecular weight excluding hydrogens is 412 g/mol. The third kappa shape index (κ3) is 6.92. The number of unbranched alkanes of at least 4 members (excludes halogenated alkanes) is 2. The maximum Gasteiger partial charge on any atom is 0.335 e. The van der Waals surface area contributed by atoms with E-state index < -0.39 is 11.9 Å². The second-order valence-electron chi connectivity index (χ2n) is 8.33. The quantitative estimate of drug-likeness (QED) is 0.204. The van der Waals surface area contributed by atoms with Crippen molar-refractivity contribution < 1.29 is 19.1 Å². The van der Waals surface area contributed by atoms with Gasteiger partial charge >= 0.3 is 11.9 Å². The van der Waals surface area contributed by atoms with E-state index in [-0.39, 0.29) is 0 Å². The molecule has 4 nitrogen and oxygen atoms in total. The van der Waals surface area contributed by atoms with Gasteiger partial charge in [0.05, 0.1) is 0 Å². The molecule has 2 aromatic carbocycles. The highest BCUT2D eigenvalue weighted by molar-refractivity contribution is 5.84. The summed E-state index contributed by atoms with van der Waals surface area (Å²) in [6, 6.07) is 8.22.